The van der Waals surface area contributed by atoms with Gasteiger partial charge in [-0.25, -0.2) is 22.3 Å². The van der Waals surface area contributed by atoms with Crippen molar-refractivity contribution in [1.29, 1.82) is 0 Å². The van der Waals surface area contributed by atoms with Gasteiger partial charge in [-0.15, -0.1) is 0 Å². The maximum absolute atomic E-state index is 12.8. The van der Waals surface area contributed by atoms with Crippen molar-refractivity contribution in [2.75, 3.05) is 0 Å². The van der Waals surface area contributed by atoms with Gasteiger partial charge in [0.1, 0.15) is 4.90 Å². The van der Waals surface area contributed by atoms with E-state index in [2.05, 4.69) is 21.1 Å². The maximum Gasteiger partial charge on any atom is 0.241 e. The normalized spacial score (nSPS) is 11.7. The molecule has 0 unspecified atom stereocenters. The second kappa shape index (κ2) is 3.32. The molecule has 1 aromatic rings. The Morgan fingerprint density at radius 1 is 1.31 bits per heavy atom. The molecule has 0 aliphatic heterocycles. The number of rotatable bonds is 1. The summed E-state index contributed by atoms with van der Waals surface area (Å²) in [6.07, 6.45) is 0. The summed E-state index contributed by atoms with van der Waals surface area (Å²) in [7, 11) is -4.22. The van der Waals surface area contributed by atoms with Crippen molar-refractivity contribution >= 4 is 26.0 Å². The van der Waals surface area contributed by atoms with Gasteiger partial charge in [0.2, 0.25) is 10.0 Å². The van der Waals surface area contributed by atoms with E-state index in [9.17, 15) is 17.2 Å². The quantitative estimate of drug-likeness (QED) is 0.785. The molecule has 13 heavy (non-hydrogen) atoms. The molecule has 1 aromatic carbocycles. The molecule has 2 N–H and O–H groups in total. The van der Waals surface area contributed by atoms with Gasteiger partial charge in [-0.3, -0.25) is 0 Å². The molecule has 0 aliphatic rings. The molecule has 7 heteroatoms. The van der Waals surface area contributed by atoms with Crippen LogP contribution in [0.15, 0.2) is 21.5 Å². The molecule has 0 heterocycles. The van der Waals surface area contributed by atoms with E-state index in [1.807, 2.05) is 0 Å². The van der Waals surface area contributed by atoms with Gasteiger partial charge in [-0.1, -0.05) is 15.9 Å². The van der Waals surface area contributed by atoms with Gasteiger partial charge >= 0.3 is 0 Å². The molecule has 0 spiro atoms. The fourth-order valence-electron chi connectivity index (χ4n) is 0.739. The van der Waals surface area contributed by atoms with E-state index in [0.29, 0.717) is 0 Å². The van der Waals surface area contributed by atoms with Crippen molar-refractivity contribution in [3.8, 4) is 0 Å². The summed E-state index contributed by atoms with van der Waals surface area (Å²) in [6, 6.07) is 1.71. The second-order valence-corrected chi connectivity index (χ2v) is 4.69. The van der Waals surface area contributed by atoms with Gasteiger partial charge in [-0.2, -0.15) is 0 Å². The van der Waals surface area contributed by atoms with Crippen LogP contribution in [0.4, 0.5) is 8.78 Å². The number of hydrogen-bond acceptors (Lipinski definition) is 2. The lowest BCUT2D eigenvalue weighted by Crippen LogP contribution is -2.14. The van der Waals surface area contributed by atoms with Crippen molar-refractivity contribution in [2.24, 2.45) is 5.14 Å². The topological polar surface area (TPSA) is 60.2 Å². The van der Waals surface area contributed by atoms with Crippen molar-refractivity contribution in [1.82, 2.24) is 0 Å². The lowest BCUT2D eigenvalue weighted by molar-refractivity contribution is 0.484. The van der Waals surface area contributed by atoms with Crippen LogP contribution in [0.25, 0.3) is 0 Å². The third-order valence-corrected chi connectivity index (χ3v) is 2.63. The minimum atomic E-state index is -4.22. The van der Waals surface area contributed by atoms with Crippen LogP contribution < -0.4 is 5.14 Å². The molecule has 0 aliphatic carbocycles. The predicted octanol–water partition coefficient (Wildman–Crippen LogP) is 1.37. The molecule has 0 radical (unpaired) electrons. The fraction of sp³-hybridized carbons (Fsp3) is 0. The Hall–Kier alpha value is -0.530. The third-order valence-electron chi connectivity index (χ3n) is 1.27. The molecule has 0 atom stereocenters. The molecule has 3 nitrogen and oxygen atoms in total. The summed E-state index contributed by atoms with van der Waals surface area (Å²) < 4.78 is 47.0. The standard InChI is InChI=1S/C6H4BrF2NO2S/c7-3-1-4(8)6(9)5(2-3)13(10,11)12/h1-2H,(H2,10,11,12). The number of halogens is 3. The lowest BCUT2D eigenvalue weighted by Gasteiger charge is -2.01. The van der Waals surface area contributed by atoms with Crippen molar-refractivity contribution in [3.05, 3.63) is 28.2 Å². The van der Waals surface area contributed by atoms with Crippen molar-refractivity contribution in [3.63, 3.8) is 0 Å². The first-order valence-corrected chi connectivity index (χ1v) is 5.33. The first kappa shape index (κ1) is 10.6. The zero-order valence-electron chi connectivity index (χ0n) is 6.09. The summed E-state index contributed by atoms with van der Waals surface area (Å²) in [6.45, 7) is 0. The minimum absolute atomic E-state index is 0.107. The highest BCUT2D eigenvalue weighted by molar-refractivity contribution is 9.10. The van der Waals surface area contributed by atoms with Gasteiger partial charge in [0, 0.05) is 4.47 Å². The number of nitrogens with two attached hydrogens (primary N) is 1. The second-order valence-electron chi connectivity index (χ2n) is 2.24. The molecule has 0 saturated heterocycles. The van der Waals surface area contributed by atoms with E-state index < -0.39 is 26.6 Å². The number of hydrogen-bond donors (Lipinski definition) is 1. The monoisotopic (exact) mass is 271 g/mol. The van der Waals surface area contributed by atoms with Crippen LogP contribution in [0.1, 0.15) is 0 Å². The summed E-state index contributed by atoms with van der Waals surface area (Å²) in [5.41, 5.74) is 0. The third kappa shape index (κ3) is 2.23. The lowest BCUT2D eigenvalue weighted by atomic mass is 10.3. The smallest absolute Gasteiger partial charge is 0.225 e. The number of primary sulfonamides is 1. The van der Waals surface area contributed by atoms with Crippen LogP contribution in [0.3, 0.4) is 0 Å². The molecule has 72 valence electrons. The summed E-state index contributed by atoms with van der Waals surface area (Å²) in [5, 5.41) is 4.64. The highest BCUT2D eigenvalue weighted by atomic mass is 79.9. The van der Waals surface area contributed by atoms with Gasteiger partial charge in [0.15, 0.2) is 11.6 Å². The van der Waals surface area contributed by atoms with E-state index in [0.717, 1.165) is 12.1 Å². The zero-order chi connectivity index (χ0) is 10.2. The minimum Gasteiger partial charge on any atom is -0.225 e. The molecular weight excluding hydrogens is 268 g/mol. The molecule has 0 saturated carbocycles. The van der Waals surface area contributed by atoms with Crippen LogP contribution in [0.5, 0.6) is 0 Å². The molecule has 0 amide bonds. The van der Waals surface area contributed by atoms with Crippen LogP contribution >= 0.6 is 15.9 Å². The summed E-state index contributed by atoms with van der Waals surface area (Å²) in [4.78, 5) is -0.862. The first-order chi connectivity index (χ1) is 5.82. The van der Waals surface area contributed by atoms with E-state index in [1.165, 1.54) is 0 Å². The molecular formula is C6H4BrF2NO2S. The predicted molar refractivity (Wildman–Crippen MR) is 45.4 cm³/mol. The molecule has 0 fully saturated rings. The van der Waals surface area contributed by atoms with Crippen LogP contribution in [0.2, 0.25) is 0 Å². The molecule has 1 rings (SSSR count). The van der Waals surface area contributed by atoms with Crippen molar-refractivity contribution in [2.45, 2.75) is 4.90 Å². The Kier molecular flexibility index (Phi) is 2.69. The highest BCUT2D eigenvalue weighted by Gasteiger charge is 2.18. The SMILES string of the molecule is NS(=O)(=O)c1cc(Br)cc(F)c1F. The molecule has 0 aromatic heterocycles. The number of sulfonamides is 1. The van der Waals surface area contributed by atoms with Gasteiger partial charge in [0.05, 0.1) is 0 Å². The summed E-state index contributed by atoms with van der Waals surface area (Å²) in [5.74, 6) is -2.73. The van der Waals surface area contributed by atoms with Crippen molar-refractivity contribution < 1.29 is 17.2 Å². The summed E-state index contributed by atoms with van der Waals surface area (Å²) >= 11 is 2.81. The van der Waals surface area contributed by atoms with Gasteiger partial charge < -0.3 is 0 Å². The Labute approximate surface area is 81.7 Å². The Balaban J connectivity index is 3.56. The maximum atomic E-state index is 12.8. The first-order valence-electron chi connectivity index (χ1n) is 2.99. The zero-order valence-corrected chi connectivity index (χ0v) is 8.49. The number of benzene rings is 1. The largest absolute Gasteiger partial charge is 0.241 e. The van der Waals surface area contributed by atoms with Gasteiger partial charge in [0.25, 0.3) is 0 Å². The average molecular weight is 272 g/mol. The highest BCUT2D eigenvalue weighted by Crippen LogP contribution is 2.21. The van der Waals surface area contributed by atoms with Gasteiger partial charge in [-0.05, 0) is 12.1 Å². The Morgan fingerprint density at radius 3 is 2.31 bits per heavy atom. The molecule has 0 bridgehead atoms. The van der Waals surface area contributed by atoms with Crippen LogP contribution in [-0.2, 0) is 10.0 Å². The Bertz CT molecular complexity index is 446. The van der Waals surface area contributed by atoms with E-state index in [1.54, 1.807) is 0 Å². The van der Waals surface area contributed by atoms with E-state index in [4.69, 9.17) is 0 Å². The van der Waals surface area contributed by atoms with E-state index in [-0.39, 0.29) is 4.47 Å². The van der Waals surface area contributed by atoms with Crippen LogP contribution in [-0.4, -0.2) is 8.42 Å². The van der Waals surface area contributed by atoms with Crippen LogP contribution in [0, 0.1) is 11.6 Å². The fourth-order valence-corrected chi connectivity index (χ4v) is 1.96. The van der Waals surface area contributed by atoms with E-state index >= 15 is 0 Å². The average Bonchev–Trinajstić information content (AvgIpc) is 1.94. The Morgan fingerprint density at radius 2 is 1.85 bits per heavy atom.